The molecule has 1 aliphatic carbocycles. The summed E-state index contributed by atoms with van der Waals surface area (Å²) in [6, 6.07) is 3.82. The zero-order chi connectivity index (χ0) is 22.8. The van der Waals surface area contributed by atoms with E-state index >= 15 is 0 Å². The number of rotatable bonds is 6. The summed E-state index contributed by atoms with van der Waals surface area (Å²) in [5.74, 6) is 2.06. The van der Waals surface area contributed by atoms with E-state index in [0.29, 0.717) is 30.8 Å². The SMILES string of the molecule is C#Cc1ccc(F)c(C2N=C(N(SF)C(=O)OC(C)(C)C)S[C@@]3(COCCC)CC23)c1. The van der Waals surface area contributed by atoms with Crippen molar-refractivity contribution in [1.29, 1.82) is 0 Å². The zero-order valence-electron chi connectivity index (χ0n) is 18.0. The van der Waals surface area contributed by atoms with Gasteiger partial charge in [-0.15, -0.1) is 10.3 Å². The normalized spacial score (nSPS) is 24.6. The highest BCUT2D eigenvalue weighted by atomic mass is 32.2. The Morgan fingerprint density at radius 1 is 1.48 bits per heavy atom. The first kappa shape index (κ1) is 23.9. The number of halogens is 2. The molecule has 0 saturated heterocycles. The van der Waals surface area contributed by atoms with Crippen molar-refractivity contribution in [3.63, 3.8) is 0 Å². The van der Waals surface area contributed by atoms with E-state index in [1.165, 1.54) is 23.9 Å². The van der Waals surface area contributed by atoms with E-state index in [4.69, 9.17) is 15.9 Å². The third kappa shape index (κ3) is 5.36. The molecule has 168 valence electrons. The Morgan fingerprint density at radius 2 is 2.23 bits per heavy atom. The van der Waals surface area contributed by atoms with Crippen LogP contribution in [-0.4, -0.2) is 39.1 Å². The van der Waals surface area contributed by atoms with E-state index in [-0.39, 0.29) is 23.4 Å². The second-order valence-electron chi connectivity index (χ2n) is 8.61. The zero-order valence-corrected chi connectivity index (χ0v) is 19.6. The lowest BCUT2D eigenvalue weighted by molar-refractivity contribution is 0.0473. The van der Waals surface area contributed by atoms with Crippen LogP contribution in [0, 0.1) is 24.1 Å². The minimum atomic E-state index is -0.869. The number of thioether (sulfide) groups is 1. The van der Waals surface area contributed by atoms with Crippen molar-refractivity contribution in [3.05, 3.63) is 35.1 Å². The van der Waals surface area contributed by atoms with Gasteiger partial charge >= 0.3 is 6.09 Å². The van der Waals surface area contributed by atoms with Crippen LogP contribution >= 0.6 is 24.1 Å². The molecule has 0 aromatic heterocycles. The van der Waals surface area contributed by atoms with Crippen LogP contribution in [0.3, 0.4) is 0 Å². The van der Waals surface area contributed by atoms with Gasteiger partial charge in [0, 0.05) is 23.7 Å². The molecule has 1 aromatic rings. The summed E-state index contributed by atoms with van der Waals surface area (Å²) in [5, 5.41) is 0.131. The van der Waals surface area contributed by atoms with E-state index < -0.39 is 28.3 Å². The first-order chi connectivity index (χ1) is 14.6. The molecule has 1 aromatic carbocycles. The number of amides is 1. The first-order valence-corrected chi connectivity index (χ1v) is 11.6. The standard InChI is InChI=1S/C22H26F2N2O3S2/c1-6-10-28-13-22-12-16(22)18(15-11-14(7-2)8-9-17(15)23)25-19(30-22)26(31-24)20(27)29-21(3,4)5/h2,8-9,11,16,18H,6,10,12-13H2,1,3-5H3/t16?,18?,22-/m1/s1. The fourth-order valence-corrected chi connectivity index (χ4v) is 5.28. The van der Waals surface area contributed by atoms with E-state index in [0.717, 1.165) is 10.7 Å². The van der Waals surface area contributed by atoms with Crippen LogP contribution in [0.5, 0.6) is 0 Å². The first-order valence-electron chi connectivity index (χ1n) is 10.1. The van der Waals surface area contributed by atoms with Crippen LogP contribution in [0.4, 0.5) is 13.1 Å². The molecule has 0 bridgehead atoms. The molecule has 1 aliphatic heterocycles. The van der Waals surface area contributed by atoms with Gasteiger partial charge in [0.1, 0.15) is 11.4 Å². The lowest BCUT2D eigenvalue weighted by Crippen LogP contribution is -2.38. The molecule has 1 heterocycles. The van der Waals surface area contributed by atoms with Crippen LogP contribution in [0.2, 0.25) is 0 Å². The molecule has 1 saturated carbocycles. The number of nitrogens with zero attached hydrogens (tertiary/aromatic N) is 2. The molecule has 2 unspecified atom stereocenters. The minimum absolute atomic E-state index is 0.00858. The summed E-state index contributed by atoms with van der Waals surface area (Å²) in [4.78, 5) is 17.2. The molecular weight excluding hydrogens is 442 g/mol. The largest absolute Gasteiger partial charge is 0.443 e. The van der Waals surface area contributed by atoms with Crippen LogP contribution in [0.1, 0.15) is 57.7 Å². The van der Waals surface area contributed by atoms with Crippen molar-refractivity contribution in [1.82, 2.24) is 4.31 Å². The Labute approximate surface area is 190 Å². The monoisotopic (exact) mass is 468 g/mol. The average Bonchev–Trinajstić information content (AvgIpc) is 3.42. The van der Waals surface area contributed by atoms with Crippen LogP contribution in [0.25, 0.3) is 0 Å². The number of fused-ring (bicyclic) bond motifs is 1. The van der Waals surface area contributed by atoms with E-state index in [9.17, 15) is 13.1 Å². The highest BCUT2D eigenvalue weighted by molar-refractivity contribution is 8.16. The number of amidine groups is 1. The van der Waals surface area contributed by atoms with Gasteiger partial charge in [-0.2, -0.15) is 4.31 Å². The van der Waals surface area contributed by atoms with Crippen molar-refractivity contribution in [2.45, 2.75) is 56.9 Å². The van der Waals surface area contributed by atoms with Gasteiger partial charge in [0.15, 0.2) is 17.5 Å². The second-order valence-corrected chi connectivity index (χ2v) is 10.5. The third-order valence-corrected chi connectivity index (χ3v) is 7.02. The summed E-state index contributed by atoms with van der Waals surface area (Å²) in [6.07, 6.45) is 6.19. The number of terminal acetylenes is 1. The molecule has 3 atom stereocenters. The smallest absolute Gasteiger partial charge is 0.428 e. The van der Waals surface area contributed by atoms with Gasteiger partial charge in [-0.1, -0.05) is 24.6 Å². The number of carbonyl (C=O) groups is 1. The fourth-order valence-electron chi connectivity index (χ4n) is 3.51. The van der Waals surface area contributed by atoms with E-state index in [1.807, 2.05) is 6.92 Å². The number of benzene rings is 1. The Bertz CT molecular complexity index is 913. The number of carbonyl (C=O) groups excluding carboxylic acids is 1. The molecule has 0 spiro atoms. The van der Waals surface area contributed by atoms with Crippen molar-refractivity contribution < 1.29 is 22.5 Å². The highest BCUT2D eigenvalue weighted by Crippen LogP contribution is 2.64. The second kappa shape index (κ2) is 9.39. The maximum atomic E-state index is 14.7. The van der Waals surface area contributed by atoms with Crippen molar-refractivity contribution in [2.24, 2.45) is 10.9 Å². The lowest BCUT2D eigenvalue weighted by Gasteiger charge is -2.31. The van der Waals surface area contributed by atoms with Gasteiger partial charge < -0.3 is 9.47 Å². The van der Waals surface area contributed by atoms with Crippen molar-refractivity contribution in [2.75, 3.05) is 13.2 Å². The Hall–Kier alpha value is -1.76. The molecule has 1 fully saturated rings. The molecule has 9 heteroatoms. The average molecular weight is 469 g/mol. The minimum Gasteiger partial charge on any atom is -0.443 e. The van der Waals surface area contributed by atoms with Crippen LogP contribution < -0.4 is 0 Å². The molecule has 0 radical (unpaired) electrons. The maximum Gasteiger partial charge on any atom is 0.428 e. The maximum absolute atomic E-state index is 14.7. The van der Waals surface area contributed by atoms with Crippen LogP contribution in [-0.2, 0) is 9.47 Å². The molecule has 31 heavy (non-hydrogen) atoms. The summed E-state index contributed by atoms with van der Waals surface area (Å²) in [6.45, 7) is 8.09. The van der Waals surface area contributed by atoms with E-state index in [1.54, 1.807) is 26.8 Å². The van der Waals surface area contributed by atoms with Crippen LogP contribution in [0.15, 0.2) is 23.2 Å². The molecular formula is C22H26F2N2O3S2. The van der Waals surface area contributed by atoms with Gasteiger partial charge in [0.05, 0.1) is 17.4 Å². The summed E-state index contributed by atoms with van der Waals surface area (Å²) >= 11 is 1.01. The predicted molar refractivity (Wildman–Crippen MR) is 121 cm³/mol. The number of ether oxygens (including phenoxy) is 2. The van der Waals surface area contributed by atoms with Gasteiger partial charge in [-0.05, 0) is 51.8 Å². The fraction of sp³-hybridized carbons (Fsp3) is 0.545. The van der Waals surface area contributed by atoms with Crippen molar-refractivity contribution in [3.8, 4) is 12.3 Å². The number of hydrogen-bond donors (Lipinski definition) is 0. The summed E-state index contributed by atoms with van der Waals surface area (Å²) < 4.78 is 40.1. The summed E-state index contributed by atoms with van der Waals surface area (Å²) in [5.41, 5.74) is 0.0640. The lowest BCUT2D eigenvalue weighted by atomic mass is 9.98. The topological polar surface area (TPSA) is 51.1 Å². The van der Waals surface area contributed by atoms with Gasteiger partial charge in [-0.3, -0.25) is 4.99 Å². The third-order valence-electron chi connectivity index (χ3n) is 4.98. The van der Waals surface area contributed by atoms with Gasteiger partial charge in [0.25, 0.3) is 0 Å². The van der Waals surface area contributed by atoms with Gasteiger partial charge in [0.2, 0.25) is 0 Å². The highest BCUT2D eigenvalue weighted by Gasteiger charge is 2.63. The molecule has 3 rings (SSSR count). The Morgan fingerprint density at radius 3 is 2.84 bits per heavy atom. The van der Waals surface area contributed by atoms with Gasteiger partial charge in [-0.25, -0.2) is 9.18 Å². The molecule has 2 aliphatic rings. The number of aliphatic imine (C=N–C) groups is 1. The Balaban J connectivity index is 1.98. The molecule has 1 amide bonds. The predicted octanol–water partition coefficient (Wildman–Crippen LogP) is 5.91. The molecule has 5 nitrogen and oxygen atoms in total. The Kier molecular flexibility index (Phi) is 7.24. The van der Waals surface area contributed by atoms with E-state index in [2.05, 4.69) is 10.9 Å². The summed E-state index contributed by atoms with van der Waals surface area (Å²) in [7, 11) is 0. The quantitative estimate of drug-likeness (QED) is 0.295. The molecule has 0 N–H and O–H groups in total. The number of hydrogen-bond acceptors (Lipinski definition) is 6. The van der Waals surface area contributed by atoms with Crippen molar-refractivity contribution >= 4 is 35.4 Å².